The first-order chi connectivity index (χ1) is 10.6. The fourth-order valence-corrected chi connectivity index (χ4v) is 3.11. The lowest BCUT2D eigenvalue weighted by Crippen LogP contribution is -2.35. The van der Waals surface area contributed by atoms with Crippen LogP contribution in [-0.4, -0.2) is 24.5 Å². The van der Waals surface area contributed by atoms with E-state index in [0.29, 0.717) is 11.8 Å². The maximum Gasteiger partial charge on any atom is 0.0233 e. The Morgan fingerprint density at radius 1 is 1.32 bits per heavy atom. The van der Waals surface area contributed by atoms with Gasteiger partial charge in [0.1, 0.15) is 0 Å². The molecule has 1 nitrogen and oxygen atoms in total. The summed E-state index contributed by atoms with van der Waals surface area (Å²) >= 11 is 0. The van der Waals surface area contributed by atoms with Crippen molar-refractivity contribution in [1.82, 2.24) is 4.90 Å². The van der Waals surface area contributed by atoms with Crippen molar-refractivity contribution in [3.05, 3.63) is 59.8 Å². The van der Waals surface area contributed by atoms with E-state index in [2.05, 4.69) is 68.7 Å². The zero-order chi connectivity index (χ0) is 15.9. The molecule has 1 aliphatic carbocycles. The van der Waals surface area contributed by atoms with Crippen LogP contribution in [0.3, 0.4) is 0 Å². The Balaban J connectivity index is 1.83. The summed E-state index contributed by atoms with van der Waals surface area (Å²) in [5, 5.41) is 0. The zero-order valence-electron chi connectivity index (χ0n) is 14.5. The molecule has 0 saturated carbocycles. The van der Waals surface area contributed by atoms with E-state index in [1.807, 2.05) is 0 Å². The van der Waals surface area contributed by atoms with Crippen molar-refractivity contribution in [3.8, 4) is 0 Å². The quantitative estimate of drug-likeness (QED) is 0.622. The number of likely N-dealkylation sites (tertiary alicyclic amines) is 1. The standard InChI is InChI=1S/C21H31N/c1-5-17(2)15-19(4)21-11-13-22(14-12-21)16-20-8-6-7-18(3)9-10-20/h6-10,15,18,21H,4-5,11-14,16H2,1-3H3/b17-15+. The van der Waals surface area contributed by atoms with Crippen molar-refractivity contribution >= 4 is 0 Å². The molecule has 2 aliphatic rings. The molecule has 1 heteroatoms. The molecule has 0 radical (unpaired) electrons. The minimum atomic E-state index is 0.552. The lowest BCUT2D eigenvalue weighted by atomic mass is 9.88. The van der Waals surface area contributed by atoms with Gasteiger partial charge in [-0.3, -0.25) is 4.90 Å². The maximum absolute atomic E-state index is 4.30. The van der Waals surface area contributed by atoms with Gasteiger partial charge in [-0.2, -0.15) is 0 Å². The zero-order valence-corrected chi connectivity index (χ0v) is 14.5. The Bertz CT molecular complexity index is 496. The van der Waals surface area contributed by atoms with Crippen molar-refractivity contribution in [1.29, 1.82) is 0 Å². The van der Waals surface area contributed by atoms with Crippen LogP contribution in [0.4, 0.5) is 0 Å². The molecule has 2 rings (SSSR count). The van der Waals surface area contributed by atoms with Gasteiger partial charge < -0.3 is 0 Å². The molecule has 0 N–H and O–H groups in total. The summed E-state index contributed by atoms with van der Waals surface area (Å²) in [4.78, 5) is 2.58. The first-order valence-corrected chi connectivity index (χ1v) is 8.72. The molecule has 0 bridgehead atoms. The van der Waals surface area contributed by atoms with Crippen LogP contribution in [0.15, 0.2) is 59.8 Å². The largest absolute Gasteiger partial charge is 0.299 e. The average Bonchev–Trinajstić information content (AvgIpc) is 2.72. The highest BCUT2D eigenvalue weighted by Crippen LogP contribution is 2.26. The highest BCUT2D eigenvalue weighted by molar-refractivity contribution is 5.30. The first kappa shape index (κ1) is 17.0. The van der Waals surface area contributed by atoms with Crippen LogP contribution in [-0.2, 0) is 0 Å². The molecule has 0 aromatic rings. The van der Waals surface area contributed by atoms with E-state index in [0.717, 1.165) is 13.0 Å². The van der Waals surface area contributed by atoms with Gasteiger partial charge in [-0.25, -0.2) is 0 Å². The fraction of sp³-hybridized carbons (Fsp3) is 0.524. The normalized spacial score (nSPS) is 24.2. The second-order valence-electron chi connectivity index (χ2n) is 6.81. The van der Waals surface area contributed by atoms with Crippen LogP contribution in [0.5, 0.6) is 0 Å². The van der Waals surface area contributed by atoms with Crippen molar-refractivity contribution in [2.75, 3.05) is 19.6 Å². The molecule has 1 fully saturated rings. The third-order valence-corrected chi connectivity index (χ3v) is 4.85. The Hall–Kier alpha value is -1.34. The third kappa shape index (κ3) is 5.14. The van der Waals surface area contributed by atoms with Gasteiger partial charge in [0.15, 0.2) is 0 Å². The lowest BCUT2D eigenvalue weighted by molar-refractivity contribution is 0.216. The van der Waals surface area contributed by atoms with Crippen LogP contribution in [0.1, 0.15) is 40.0 Å². The van der Waals surface area contributed by atoms with Crippen LogP contribution in [0.25, 0.3) is 0 Å². The first-order valence-electron chi connectivity index (χ1n) is 8.72. The molecule has 1 saturated heterocycles. The topological polar surface area (TPSA) is 3.24 Å². The molecule has 22 heavy (non-hydrogen) atoms. The number of rotatable bonds is 5. The SMILES string of the molecule is C=C(/C=C(\C)CC)C1CCN(CC2=CC=CC(C)C=C2)CC1. The summed E-state index contributed by atoms with van der Waals surface area (Å²) in [6.45, 7) is 14.4. The molecule has 0 aromatic carbocycles. The molecule has 0 spiro atoms. The highest BCUT2D eigenvalue weighted by Gasteiger charge is 2.20. The van der Waals surface area contributed by atoms with Crippen molar-refractivity contribution in [2.24, 2.45) is 11.8 Å². The van der Waals surface area contributed by atoms with Crippen molar-refractivity contribution in [3.63, 3.8) is 0 Å². The number of piperidine rings is 1. The average molecular weight is 297 g/mol. The summed E-state index contributed by atoms with van der Waals surface area (Å²) in [6, 6.07) is 0. The molecule has 1 atom stereocenters. The Morgan fingerprint density at radius 2 is 2.05 bits per heavy atom. The fourth-order valence-electron chi connectivity index (χ4n) is 3.11. The van der Waals surface area contributed by atoms with Crippen LogP contribution >= 0.6 is 0 Å². The van der Waals surface area contributed by atoms with E-state index in [1.165, 1.54) is 42.7 Å². The van der Waals surface area contributed by atoms with E-state index < -0.39 is 0 Å². The number of allylic oxidation sites excluding steroid dienone is 7. The van der Waals surface area contributed by atoms with Gasteiger partial charge in [0.2, 0.25) is 0 Å². The molecule has 0 aromatic heterocycles. The van der Waals surface area contributed by atoms with Gasteiger partial charge in [-0.1, -0.05) is 68.0 Å². The van der Waals surface area contributed by atoms with E-state index in [1.54, 1.807) is 0 Å². The Morgan fingerprint density at radius 3 is 2.73 bits per heavy atom. The van der Waals surface area contributed by atoms with E-state index >= 15 is 0 Å². The van der Waals surface area contributed by atoms with Crippen LogP contribution < -0.4 is 0 Å². The molecular weight excluding hydrogens is 266 g/mol. The monoisotopic (exact) mass is 297 g/mol. The molecular formula is C21H31N. The molecule has 120 valence electrons. The predicted octanol–water partition coefficient (Wildman–Crippen LogP) is 5.30. The van der Waals surface area contributed by atoms with Gasteiger partial charge >= 0.3 is 0 Å². The van der Waals surface area contributed by atoms with Gasteiger partial charge in [-0.05, 0) is 56.7 Å². The van der Waals surface area contributed by atoms with Gasteiger partial charge in [0.05, 0.1) is 0 Å². The highest BCUT2D eigenvalue weighted by atomic mass is 15.1. The summed E-state index contributed by atoms with van der Waals surface area (Å²) in [7, 11) is 0. The number of nitrogens with zero attached hydrogens (tertiary/aromatic N) is 1. The van der Waals surface area contributed by atoms with Crippen molar-refractivity contribution in [2.45, 2.75) is 40.0 Å². The minimum absolute atomic E-state index is 0.552. The molecule has 1 heterocycles. The Kier molecular flexibility index (Phi) is 6.45. The van der Waals surface area contributed by atoms with E-state index in [9.17, 15) is 0 Å². The third-order valence-electron chi connectivity index (χ3n) is 4.85. The Labute approximate surface area is 136 Å². The minimum Gasteiger partial charge on any atom is -0.299 e. The number of hydrogen-bond acceptors (Lipinski definition) is 1. The maximum atomic E-state index is 4.30. The van der Waals surface area contributed by atoms with E-state index in [4.69, 9.17) is 0 Å². The second-order valence-corrected chi connectivity index (χ2v) is 6.81. The summed E-state index contributed by atoms with van der Waals surface area (Å²) < 4.78 is 0. The lowest BCUT2D eigenvalue weighted by Gasteiger charge is -2.32. The summed E-state index contributed by atoms with van der Waals surface area (Å²) in [5.74, 6) is 1.23. The smallest absolute Gasteiger partial charge is 0.0233 e. The van der Waals surface area contributed by atoms with Crippen LogP contribution in [0.2, 0.25) is 0 Å². The molecule has 1 aliphatic heterocycles. The second kappa shape index (κ2) is 8.33. The van der Waals surface area contributed by atoms with Crippen LogP contribution in [0, 0.1) is 11.8 Å². The van der Waals surface area contributed by atoms with E-state index in [-0.39, 0.29) is 0 Å². The molecule has 1 unspecified atom stereocenters. The van der Waals surface area contributed by atoms with Crippen molar-refractivity contribution < 1.29 is 0 Å². The number of hydrogen-bond donors (Lipinski definition) is 0. The predicted molar refractivity (Wildman–Crippen MR) is 97.9 cm³/mol. The van der Waals surface area contributed by atoms with Gasteiger partial charge in [0.25, 0.3) is 0 Å². The summed E-state index contributed by atoms with van der Waals surface area (Å²) in [5.41, 5.74) is 4.21. The summed E-state index contributed by atoms with van der Waals surface area (Å²) in [6.07, 6.45) is 17.2. The van der Waals surface area contributed by atoms with Gasteiger partial charge in [-0.15, -0.1) is 0 Å². The molecule has 0 amide bonds. The van der Waals surface area contributed by atoms with Gasteiger partial charge in [0, 0.05) is 6.54 Å².